The average molecular weight is 354 g/mol. The zero-order valence-electron chi connectivity index (χ0n) is 13.4. The first-order valence-electron chi connectivity index (χ1n) is 7.84. The summed E-state index contributed by atoms with van der Waals surface area (Å²) in [6, 6.07) is 18.2. The number of halogens is 3. The number of benzene rings is 2. The Morgan fingerprint density at radius 3 is 2.00 bits per heavy atom. The maximum atomic E-state index is 13.3. The Hall–Kier alpha value is -3.35. The van der Waals surface area contributed by atoms with E-state index in [4.69, 9.17) is 0 Å². The van der Waals surface area contributed by atoms with Crippen molar-refractivity contribution in [2.24, 2.45) is 0 Å². The zero-order valence-corrected chi connectivity index (χ0v) is 13.4. The maximum Gasteiger partial charge on any atom is 0.421 e. The second-order valence-corrected chi connectivity index (χ2v) is 5.77. The maximum absolute atomic E-state index is 13.3. The number of alkyl halides is 3. The number of allylic oxidation sites excluding steroid dienone is 1. The number of rotatable bonds is 0. The highest BCUT2D eigenvalue weighted by molar-refractivity contribution is 5.73. The molecule has 0 aliphatic carbocycles. The number of hydrogen-bond donors (Lipinski definition) is 2. The Kier molecular flexibility index (Phi) is 3.84. The van der Waals surface area contributed by atoms with E-state index in [1.165, 1.54) is 0 Å². The van der Waals surface area contributed by atoms with Gasteiger partial charge in [0.2, 0.25) is 5.95 Å². The van der Waals surface area contributed by atoms with Gasteiger partial charge in [-0.05, 0) is 35.0 Å². The third-order valence-corrected chi connectivity index (χ3v) is 3.84. The van der Waals surface area contributed by atoms with Gasteiger partial charge in [0.25, 0.3) is 0 Å². The number of hydrogen-bond acceptors (Lipinski definition) is 3. The summed E-state index contributed by atoms with van der Waals surface area (Å²) >= 11 is 0. The molecular formula is C19H13F3N4. The normalized spacial score (nSPS) is 13.0. The fourth-order valence-electron chi connectivity index (χ4n) is 2.64. The van der Waals surface area contributed by atoms with Crippen molar-refractivity contribution in [2.45, 2.75) is 6.18 Å². The van der Waals surface area contributed by atoms with Gasteiger partial charge in [0.15, 0.2) is 0 Å². The Morgan fingerprint density at radius 2 is 1.38 bits per heavy atom. The van der Waals surface area contributed by atoms with E-state index in [2.05, 4.69) is 20.3 Å². The van der Waals surface area contributed by atoms with Gasteiger partial charge in [0.05, 0.1) is 11.0 Å². The van der Waals surface area contributed by atoms with E-state index in [9.17, 15) is 13.2 Å². The molecule has 2 N–H and O–H groups in total. The van der Waals surface area contributed by atoms with Crippen molar-refractivity contribution in [2.75, 3.05) is 5.32 Å². The summed E-state index contributed by atoms with van der Waals surface area (Å²) in [5, 5.41) is 4.32. The average Bonchev–Trinajstić information content (AvgIpc) is 2.59. The first-order chi connectivity index (χ1) is 12.5. The molecule has 2 aromatic carbocycles. The van der Waals surface area contributed by atoms with Crippen LogP contribution < -0.4 is 5.32 Å². The summed E-state index contributed by atoms with van der Waals surface area (Å²) in [7, 11) is 0. The molecule has 0 atom stereocenters. The molecule has 6 bridgehead atoms. The Balaban J connectivity index is 2.10. The summed E-state index contributed by atoms with van der Waals surface area (Å²) in [5.74, 6) is -0.125. The van der Waals surface area contributed by atoms with Gasteiger partial charge >= 0.3 is 6.18 Å². The highest BCUT2D eigenvalue weighted by Crippen LogP contribution is 2.33. The molecule has 0 saturated carbocycles. The van der Waals surface area contributed by atoms with Crippen molar-refractivity contribution in [3.8, 4) is 0 Å². The zero-order chi connectivity index (χ0) is 18.1. The van der Waals surface area contributed by atoms with Crippen LogP contribution in [0.1, 0.15) is 5.82 Å². The van der Waals surface area contributed by atoms with Crippen LogP contribution in [0.3, 0.4) is 0 Å². The third-order valence-electron chi connectivity index (χ3n) is 3.84. The van der Waals surface area contributed by atoms with Crippen LogP contribution in [0.2, 0.25) is 0 Å². The van der Waals surface area contributed by atoms with Crippen molar-refractivity contribution in [3.05, 3.63) is 72.7 Å². The first-order valence-corrected chi connectivity index (χ1v) is 7.84. The molecule has 130 valence electrons. The molecule has 0 spiro atoms. The molecule has 3 aromatic rings. The quantitative estimate of drug-likeness (QED) is 0.589. The Labute approximate surface area is 146 Å². The number of aromatic nitrogens is 3. The molecule has 0 radical (unpaired) electrons. The summed E-state index contributed by atoms with van der Waals surface area (Å²) in [4.78, 5) is 11.1. The molecule has 2 heterocycles. The number of fused-ring (bicyclic) bond motifs is 6. The predicted octanol–water partition coefficient (Wildman–Crippen LogP) is 5.13. The lowest BCUT2D eigenvalue weighted by Crippen LogP contribution is -2.17. The molecule has 0 amide bonds. The van der Waals surface area contributed by atoms with Gasteiger partial charge < -0.3 is 10.3 Å². The standard InChI is InChI=1S/C19H13F3N4/c20-19(21,22)16-11-23-18-25-15-6-2-4-13(10-15)8-7-12-3-1-5-14(9-12)24-17(16)26-18/h1-11H,(H2,23,24,25,26). The second kappa shape index (κ2) is 6.18. The Morgan fingerprint density at radius 1 is 0.769 bits per heavy atom. The van der Waals surface area contributed by atoms with Crippen LogP contribution in [-0.4, -0.2) is 21.1 Å². The fourth-order valence-corrected chi connectivity index (χ4v) is 2.64. The van der Waals surface area contributed by atoms with Crippen molar-refractivity contribution in [1.29, 1.82) is 0 Å². The van der Waals surface area contributed by atoms with Crippen LogP contribution in [-0.2, 0) is 0 Å². The lowest BCUT2D eigenvalue weighted by molar-refractivity contribution is -0.0695. The highest BCUT2D eigenvalue weighted by atomic mass is 19.4. The van der Waals surface area contributed by atoms with E-state index >= 15 is 0 Å². The van der Waals surface area contributed by atoms with Gasteiger partial charge in [0.1, 0.15) is 11.4 Å². The largest absolute Gasteiger partial charge is 0.421 e. The SMILES string of the molecule is FC(F)(F)C1=CNc2nc3cccc(ccc4cccc(c4)nc1[nH]2)c3. The number of anilines is 1. The molecule has 7 heteroatoms. The van der Waals surface area contributed by atoms with Gasteiger partial charge in [-0.2, -0.15) is 13.2 Å². The highest BCUT2D eigenvalue weighted by Gasteiger charge is 2.37. The van der Waals surface area contributed by atoms with Gasteiger partial charge in [-0.25, -0.2) is 9.97 Å². The van der Waals surface area contributed by atoms with E-state index < -0.39 is 11.7 Å². The van der Waals surface area contributed by atoms with E-state index in [-0.39, 0.29) is 11.8 Å². The van der Waals surface area contributed by atoms with Crippen LogP contribution in [0, 0.1) is 0 Å². The molecule has 4 nitrogen and oxygen atoms in total. The van der Waals surface area contributed by atoms with Crippen LogP contribution >= 0.6 is 0 Å². The molecule has 1 aliphatic rings. The lowest BCUT2D eigenvalue weighted by atomic mass is 10.2. The summed E-state index contributed by atoms with van der Waals surface area (Å²) in [6.07, 6.45) is -3.67. The van der Waals surface area contributed by atoms with Crippen molar-refractivity contribution in [1.82, 2.24) is 15.0 Å². The molecular weight excluding hydrogens is 341 g/mol. The minimum atomic E-state index is -4.55. The smallest absolute Gasteiger partial charge is 0.332 e. The van der Waals surface area contributed by atoms with Crippen molar-refractivity contribution in [3.63, 3.8) is 0 Å². The van der Waals surface area contributed by atoms with Crippen LogP contribution in [0.4, 0.5) is 19.1 Å². The molecule has 0 unspecified atom stereocenters. The van der Waals surface area contributed by atoms with Gasteiger partial charge in [-0.15, -0.1) is 0 Å². The number of nitrogens with one attached hydrogen (secondary N) is 2. The van der Waals surface area contributed by atoms with Gasteiger partial charge in [-0.3, -0.25) is 0 Å². The molecule has 0 fully saturated rings. The van der Waals surface area contributed by atoms with Crippen LogP contribution in [0.5, 0.6) is 0 Å². The van der Waals surface area contributed by atoms with Crippen molar-refractivity contribution >= 4 is 33.3 Å². The molecule has 26 heavy (non-hydrogen) atoms. The van der Waals surface area contributed by atoms with E-state index in [1.54, 1.807) is 24.3 Å². The van der Waals surface area contributed by atoms with Gasteiger partial charge in [-0.1, -0.05) is 36.4 Å². The summed E-state index contributed by atoms with van der Waals surface area (Å²) in [5.41, 5.74) is 0.134. The summed E-state index contributed by atoms with van der Waals surface area (Å²) < 4.78 is 40.0. The van der Waals surface area contributed by atoms with E-state index in [0.717, 1.165) is 17.0 Å². The first kappa shape index (κ1) is 16.1. The fraction of sp³-hybridized carbons (Fsp3) is 0.0526. The lowest BCUT2D eigenvalue weighted by Gasteiger charge is -2.15. The number of H-pyrrole nitrogens is 1. The van der Waals surface area contributed by atoms with Gasteiger partial charge in [0, 0.05) is 6.20 Å². The van der Waals surface area contributed by atoms with E-state index in [0.29, 0.717) is 11.0 Å². The summed E-state index contributed by atoms with van der Waals surface area (Å²) in [6.45, 7) is 0. The molecule has 1 aliphatic heterocycles. The predicted molar refractivity (Wildman–Crippen MR) is 95.5 cm³/mol. The third kappa shape index (κ3) is 3.37. The van der Waals surface area contributed by atoms with Crippen LogP contribution in [0.15, 0.2) is 66.9 Å². The minimum Gasteiger partial charge on any atom is -0.332 e. The van der Waals surface area contributed by atoms with Crippen molar-refractivity contribution < 1.29 is 13.2 Å². The van der Waals surface area contributed by atoms with E-state index in [1.807, 2.05) is 36.4 Å². The van der Waals surface area contributed by atoms with Crippen LogP contribution in [0.25, 0.3) is 27.4 Å². The molecule has 1 aromatic heterocycles. The Bertz CT molecular complexity index is 1110. The minimum absolute atomic E-state index is 0.174. The second-order valence-electron chi connectivity index (χ2n) is 5.77. The molecule has 4 rings (SSSR count). The molecule has 0 saturated heterocycles. The monoisotopic (exact) mass is 354 g/mol. The number of aromatic amines is 1. The topological polar surface area (TPSA) is 53.6 Å². The number of nitrogens with zero attached hydrogens (tertiary/aromatic N) is 2.